The fourth-order valence-corrected chi connectivity index (χ4v) is 2.00. The second kappa shape index (κ2) is 7.33. The van der Waals surface area contributed by atoms with Crippen LogP contribution in [0.25, 0.3) is 5.69 Å². The minimum absolute atomic E-state index is 0.0307. The van der Waals surface area contributed by atoms with Crippen molar-refractivity contribution >= 4 is 17.5 Å². The van der Waals surface area contributed by atoms with Crippen molar-refractivity contribution in [2.75, 3.05) is 13.2 Å². The van der Waals surface area contributed by atoms with Crippen molar-refractivity contribution in [2.45, 2.75) is 13.3 Å². The number of rotatable bonds is 6. The topological polar surface area (TPSA) is 80.0 Å². The molecule has 0 fully saturated rings. The van der Waals surface area contributed by atoms with Crippen LogP contribution in [0.1, 0.15) is 23.8 Å². The lowest BCUT2D eigenvalue weighted by Crippen LogP contribution is -2.28. The maximum Gasteiger partial charge on any atom is 0.273 e. The number of hydrogen-bond donors (Lipinski definition) is 2. The largest absolute Gasteiger partial charge is 0.396 e. The Morgan fingerprint density at radius 1 is 1.55 bits per heavy atom. The quantitative estimate of drug-likeness (QED) is 0.848. The number of aliphatic hydroxyl groups excluding tert-OH is 1. The van der Waals surface area contributed by atoms with Crippen molar-refractivity contribution in [3.05, 3.63) is 40.9 Å². The summed E-state index contributed by atoms with van der Waals surface area (Å²) in [6, 6.07) is 4.49. The fourth-order valence-electron chi connectivity index (χ4n) is 1.83. The molecule has 0 unspecified atom stereocenters. The van der Waals surface area contributed by atoms with Gasteiger partial charge in [0.15, 0.2) is 11.5 Å². The van der Waals surface area contributed by atoms with Crippen LogP contribution in [0.2, 0.25) is 5.02 Å². The number of aliphatic hydroxyl groups is 1. The van der Waals surface area contributed by atoms with E-state index in [9.17, 15) is 9.18 Å². The predicted octanol–water partition coefficient (Wildman–Crippen LogP) is 1.81. The zero-order chi connectivity index (χ0) is 16.1. The predicted molar refractivity (Wildman–Crippen MR) is 79.5 cm³/mol. The molecule has 0 aliphatic carbocycles. The molecule has 1 amide bonds. The number of hydrogen-bond acceptors (Lipinski definition) is 4. The van der Waals surface area contributed by atoms with Gasteiger partial charge in [-0.1, -0.05) is 29.8 Å². The van der Waals surface area contributed by atoms with Crippen LogP contribution in [0.15, 0.2) is 24.4 Å². The molecule has 2 aromatic rings. The van der Waals surface area contributed by atoms with Crippen molar-refractivity contribution in [2.24, 2.45) is 5.92 Å². The number of benzene rings is 1. The summed E-state index contributed by atoms with van der Waals surface area (Å²) < 4.78 is 15.1. The number of carbonyl (C=O) groups excluding carboxylic acids is 1. The number of nitrogens with zero attached hydrogens (tertiary/aromatic N) is 3. The lowest BCUT2D eigenvalue weighted by atomic mass is 10.1. The Kier molecular flexibility index (Phi) is 5.46. The maximum absolute atomic E-state index is 13.9. The van der Waals surface area contributed by atoms with E-state index in [4.69, 9.17) is 16.7 Å². The Balaban J connectivity index is 2.08. The highest BCUT2D eigenvalue weighted by Gasteiger charge is 2.15. The maximum atomic E-state index is 13.9. The molecule has 22 heavy (non-hydrogen) atoms. The van der Waals surface area contributed by atoms with Gasteiger partial charge in [-0.15, -0.1) is 5.10 Å². The minimum Gasteiger partial charge on any atom is -0.396 e. The third-order valence-electron chi connectivity index (χ3n) is 3.14. The molecule has 0 aliphatic rings. The van der Waals surface area contributed by atoms with E-state index in [2.05, 4.69) is 15.6 Å². The Morgan fingerprint density at radius 3 is 3.05 bits per heavy atom. The third kappa shape index (κ3) is 3.80. The van der Waals surface area contributed by atoms with Gasteiger partial charge in [0, 0.05) is 13.2 Å². The van der Waals surface area contributed by atoms with E-state index in [1.807, 2.05) is 6.92 Å². The van der Waals surface area contributed by atoms with Crippen LogP contribution in [-0.2, 0) is 0 Å². The molecule has 0 saturated heterocycles. The van der Waals surface area contributed by atoms with Crippen molar-refractivity contribution in [3.8, 4) is 5.69 Å². The molecule has 118 valence electrons. The summed E-state index contributed by atoms with van der Waals surface area (Å²) in [4.78, 5) is 11.9. The van der Waals surface area contributed by atoms with Crippen LogP contribution in [0.3, 0.4) is 0 Å². The molecule has 0 bridgehead atoms. The first-order chi connectivity index (χ1) is 10.5. The van der Waals surface area contributed by atoms with Gasteiger partial charge in [0.1, 0.15) is 5.69 Å². The van der Waals surface area contributed by atoms with Gasteiger partial charge >= 0.3 is 0 Å². The third-order valence-corrected chi connectivity index (χ3v) is 3.43. The van der Waals surface area contributed by atoms with Crippen LogP contribution in [-0.4, -0.2) is 39.2 Å². The molecule has 6 nitrogen and oxygen atoms in total. The van der Waals surface area contributed by atoms with Crippen molar-refractivity contribution in [1.82, 2.24) is 20.3 Å². The molecule has 0 radical (unpaired) electrons. The van der Waals surface area contributed by atoms with Gasteiger partial charge in [-0.25, -0.2) is 9.07 Å². The number of carbonyl (C=O) groups is 1. The molecule has 8 heteroatoms. The van der Waals surface area contributed by atoms with Crippen LogP contribution in [0.4, 0.5) is 4.39 Å². The van der Waals surface area contributed by atoms with E-state index in [0.29, 0.717) is 13.0 Å². The Morgan fingerprint density at radius 2 is 2.32 bits per heavy atom. The Labute approximate surface area is 131 Å². The molecular formula is C14H16ClFN4O2. The summed E-state index contributed by atoms with van der Waals surface area (Å²) in [6.45, 7) is 2.40. The zero-order valence-electron chi connectivity index (χ0n) is 12.0. The molecule has 1 aromatic heterocycles. The Bertz CT molecular complexity index is 662. The van der Waals surface area contributed by atoms with Gasteiger partial charge in [-0.2, -0.15) is 0 Å². The van der Waals surface area contributed by atoms with E-state index in [1.165, 1.54) is 18.3 Å². The summed E-state index contributed by atoms with van der Waals surface area (Å²) in [5.74, 6) is -0.884. The molecule has 1 aromatic carbocycles. The number of amides is 1. The van der Waals surface area contributed by atoms with Gasteiger partial charge in [0.05, 0.1) is 11.2 Å². The van der Waals surface area contributed by atoms with Crippen LogP contribution in [0.5, 0.6) is 0 Å². The number of halogens is 2. The standard InChI is InChI=1S/C14H16ClFN4O2/c1-9(5-6-21)7-17-14(22)11-8-20(19-18-11)12-4-2-3-10(15)13(12)16/h2-4,8-9,21H,5-7H2,1H3,(H,17,22)/t9-/m0/s1. The highest BCUT2D eigenvalue weighted by Crippen LogP contribution is 2.20. The zero-order valence-corrected chi connectivity index (χ0v) is 12.7. The lowest BCUT2D eigenvalue weighted by molar-refractivity contribution is 0.0940. The second-order valence-corrected chi connectivity index (χ2v) is 5.36. The molecule has 0 saturated carbocycles. The van der Waals surface area contributed by atoms with Crippen LogP contribution < -0.4 is 5.32 Å². The van der Waals surface area contributed by atoms with Crippen LogP contribution in [0, 0.1) is 11.7 Å². The van der Waals surface area contributed by atoms with E-state index in [0.717, 1.165) is 4.68 Å². The van der Waals surface area contributed by atoms with Gasteiger partial charge < -0.3 is 10.4 Å². The number of nitrogens with one attached hydrogen (secondary N) is 1. The highest BCUT2D eigenvalue weighted by molar-refractivity contribution is 6.30. The van der Waals surface area contributed by atoms with E-state index >= 15 is 0 Å². The normalized spacial score (nSPS) is 12.2. The first-order valence-electron chi connectivity index (χ1n) is 6.78. The molecule has 1 atom stereocenters. The molecule has 0 spiro atoms. The fraction of sp³-hybridized carbons (Fsp3) is 0.357. The first-order valence-corrected chi connectivity index (χ1v) is 7.16. The first kappa shape index (κ1) is 16.4. The summed E-state index contributed by atoms with van der Waals surface area (Å²) in [5.41, 5.74) is 0.197. The van der Waals surface area contributed by atoms with Gasteiger partial charge in [-0.05, 0) is 24.5 Å². The van der Waals surface area contributed by atoms with Gasteiger partial charge in [0.25, 0.3) is 5.91 Å². The van der Waals surface area contributed by atoms with Crippen molar-refractivity contribution in [3.63, 3.8) is 0 Å². The smallest absolute Gasteiger partial charge is 0.273 e. The van der Waals surface area contributed by atoms with E-state index in [1.54, 1.807) is 6.07 Å². The molecular weight excluding hydrogens is 311 g/mol. The molecule has 0 aliphatic heterocycles. The van der Waals surface area contributed by atoms with E-state index in [-0.39, 0.29) is 28.9 Å². The summed E-state index contributed by atoms with van der Waals surface area (Å²) in [7, 11) is 0. The van der Waals surface area contributed by atoms with Crippen molar-refractivity contribution < 1.29 is 14.3 Å². The molecule has 2 N–H and O–H groups in total. The average Bonchev–Trinajstić information content (AvgIpc) is 2.97. The van der Waals surface area contributed by atoms with Crippen molar-refractivity contribution in [1.29, 1.82) is 0 Å². The summed E-state index contributed by atoms with van der Waals surface area (Å²) in [5, 5.41) is 18.9. The number of aromatic nitrogens is 3. The van der Waals surface area contributed by atoms with Gasteiger partial charge in [0.2, 0.25) is 0 Å². The Hall–Kier alpha value is -1.99. The summed E-state index contributed by atoms with van der Waals surface area (Å²) >= 11 is 5.71. The SMILES string of the molecule is C[C@@H](CCO)CNC(=O)c1cn(-c2cccc(Cl)c2F)nn1. The average molecular weight is 327 g/mol. The van der Waals surface area contributed by atoms with Crippen LogP contribution >= 0.6 is 11.6 Å². The molecule has 1 heterocycles. The monoisotopic (exact) mass is 326 g/mol. The summed E-state index contributed by atoms with van der Waals surface area (Å²) in [6.07, 6.45) is 1.93. The van der Waals surface area contributed by atoms with Gasteiger partial charge in [-0.3, -0.25) is 4.79 Å². The minimum atomic E-state index is -0.627. The lowest BCUT2D eigenvalue weighted by Gasteiger charge is -2.09. The highest BCUT2D eigenvalue weighted by atomic mass is 35.5. The second-order valence-electron chi connectivity index (χ2n) is 4.95. The molecule has 2 rings (SSSR count). The van der Waals surface area contributed by atoms with E-state index < -0.39 is 11.7 Å².